The van der Waals surface area contributed by atoms with E-state index in [0.29, 0.717) is 18.8 Å². The SMILES string of the molecule is COC(=O)C1CCC(C(=O)Nc2ccc(OCC3CCNCC3)cc2)CC1. The molecule has 148 valence electrons. The molecule has 1 aliphatic heterocycles. The number of nitrogens with one attached hydrogen (secondary N) is 2. The lowest BCUT2D eigenvalue weighted by Crippen LogP contribution is -2.30. The van der Waals surface area contributed by atoms with Crippen LogP contribution in [0.1, 0.15) is 38.5 Å². The second kappa shape index (κ2) is 9.74. The quantitative estimate of drug-likeness (QED) is 0.749. The second-order valence-electron chi connectivity index (χ2n) is 7.59. The summed E-state index contributed by atoms with van der Waals surface area (Å²) >= 11 is 0. The molecule has 2 N–H and O–H groups in total. The molecule has 0 bridgehead atoms. The van der Waals surface area contributed by atoms with E-state index in [1.54, 1.807) is 0 Å². The fourth-order valence-electron chi connectivity index (χ4n) is 3.90. The number of benzene rings is 1. The Morgan fingerprint density at radius 1 is 1.00 bits per heavy atom. The molecule has 6 nitrogen and oxygen atoms in total. The molecule has 0 aromatic heterocycles. The summed E-state index contributed by atoms with van der Waals surface area (Å²) in [6, 6.07) is 7.58. The number of hydrogen-bond donors (Lipinski definition) is 2. The lowest BCUT2D eigenvalue weighted by atomic mass is 9.81. The van der Waals surface area contributed by atoms with Crippen LogP contribution in [0.25, 0.3) is 0 Å². The van der Waals surface area contributed by atoms with Gasteiger partial charge in [-0.1, -0.05) is 0 Å². The Hall–Kier alpha value is -2.08. The Balaban J connectivity index is 1.42. The molecular formula is C21H30N2O4. The van der Waals surface area contributed by atoms with Gasteiger partial charge in [-0.15, -0.1) is 0 Å². The number of amides is 1. The topological polar surface area (TPSA) is 76.7 Å². The molecule has 1 aliphatic carbocycles. The minimum atomic E-state index is -0.158. The van der Waals surface area contributed by atoms with Gasteiger partial charge in [0.1, 0.15) is 5.75 Å². The van der Waals surface area contributed by atoms with Crippen LogP contribution in [0.4, 0.5) is 5.69 Å². The molecule has 1 aromatic carbocycles. The predicted octanol–water partition coefficient (Wildman–Crippen LogP) is 2.98. The summed E-state index contributed by atoms with van der Waals surface area (Å²) in [5.41, 5.74) is 0.782. The summed E-state index contributed by atoms with van der Waals surface area (Å²) in [5.74, 6) is 1.23. The highest BCUT2D eigenvalue weighted by atomic mass is 16.5. The van der Waals surface area contributed by atoms with Crippen molar-refractivity contribution in [2.24, 2.45) is 17.8 Å². The number of methoxy groups -OCH3 is 1. The van der Waals surface area contributed by atoms with Crippen molar-refractivity contribution in [2.45, 2.75) is 38.5 Å². The summed E-state index contributed by atoms with van der Waals surface area (Å²) in [7, 11) is 1.42. The van der Waals surface area contributed by atoms with Gasteiger partial charge in [-0.3, -0.25) is 9.59 Å². The van der Waals surface area contributed by atoms with Gasteiger partial charge in [0.25, 0.3) is 0 Å². The van der Waals surface area contributed by atoms with Crippen LogP contribution in [-0.2, 0) is 14.3 Å². The maximum Gasteiger partial charge on any atom is 0.308 e. The van der Waals surface area contributed by atoms with E-state index in [2.05, 4.69) is 10.6 Å². The van der Waals surface area contributed by atoms with Crippen LogP contribution in [0.2, 0.25) is 0 Å². The molecule has 1 aromatic rings. The maximum atomic E-state index is 12.5. The van der Waals surface area contributed by atoms with E-state index in [1.165, 1.54) is 7.11 Å². The van der Waals surface area contributed by atoms with Crippen molar-refractivity contribution < 1.29 is 19.1 Å². The molecule has 1 saturated carbocycles. The summed E-state index contributed by atoms with van der Waals surface area (Å²) in [4.78, 5) is 24.0. The zero-order chi connectivity index (χ0) is 19.1. The van der Waals surface area contributed by atoms with Crippen molar-refractivity contribution >= 4 is 17.6 Å². The largest absolute Gasteiger partial charge is 0.493 e. The number of hydrogen-bond acceptors (Lipinski definition) is 5. The first-order valence-corrected chi connectivity index (χ1v) is 9.98. The van der Waals surface area contributed by atoms with Gasteiger partial charge in [0, 0.05) is 11.6 Å². The van der Waals surface area contributed by atoms with Gasteiger partial charge >= 0.3 is 5.97 Å². The zero-order valence-corrected chi connectivity index (χ0v) is 16.0. The van der Waals surface area contributed by atoms with Crippen LogP contribution in [0.15, 0.2) is 24.3 Å². The minimum Gasteiger partial charge on any atom is -0.493 e. The van der Waals surface area contributed by atoms with Gasteiger partial charge in [0.05, 0.1) is 19.6 Å². The van der Waals surface area contributed by atoms with Crippen LogP contribution in [0.3, 0.4) is 0 Å². The lowest BCUT2D eigenvalue weighted by molar-refractivity contribution is -0.147. The van der Waals surface area contributed by atoms with E-state index < -0.39 is 0 Å². The van der Waals surface area contributed by atoms with Crippen LogP contribution < -0.4 is 15.4 Å². The van der Waals surface area contributed by atoms with Crippen LogP contribution in [0, 0.1) is 17.8 Å². The molecule has 6 heteroatoms. The Bertz CT molecular complexity index is 618. The number of rotatable bonds is 6. The molecule has 27 heavy (non-hydrogen) atoms. The van der Waals surface area contributed by atoms with Crippen molar-refractivity contribution in [1.29, 1.82) is 0 Å². The van der Waals surface area contributed by atoms with E-state index in [1.807, 2.05) is 24.3 Å². The second-order valence-corrected chi connectivity index (χ2v) is 7.59. The van der Waals surface area contributed by atoms with E-state index in [9.17, 15) is 9.59 Å². The van der Waals surface area contributed by atoms with Gasteiger partial charge in [-0.05, 0) is 81.8 Å². The number of esters is 1. The molecule has 0 radical (unpaired) electrons. The van der Waals surface area contributed by atoms with E-state index in [4.69, 9.17) is 9.47 Å². The molecule has 0 spiro atoms. The molecule has 1 heterocycles. The maximum absolute atomic E-state index is 12.5. The number of piperidine rings is 1. The third-order valence-corrected chi connectivity index (χ3v) is 5.70. The molecule has 2 aliphatic rings. The molecular weight excluding hydrogens is 344 g/mol. The Kier molecular flexibility index (Phi) is 7.10. The van der Waals surface area contributed by atoms with Gasteiger partial charge < -0.3 is 20.1 Å². The summed E-state index contributed by atoms with van der Waals surface area (Å²) in [6.07, 6.45) is 5.20. The first kappa shape index (κ1) is 19.7. The van der Waals surface area contributed by atoms with Gasteiger partial charge in [0.2, 0.25) is 5.91 Å². The molecule has 1 amide bonds. The van der Waals surface area contributed by atoms with Crippen molar-refractivity contribution in [3.8, 4) is 5.75 Å². The van der Waals surface area contributed by atoms with Crippen molar-refractivity contribution in [3.63, 3.8) is 0 Å². The highest BCUT2D eigenvalue weighted by Gasteiger charge is 2.30. The molecule has 3 rings (SSSR count). The van der Waals surface area contributed by atoms with E-state index in [0.717, 1.165) is 56.8 Å². The van der Waals surface area contributed by atoms with Crippen molar-refractivity contribution in [3.05, 3.63) is 24.3 Å². The number of ether oxygens (including phenoxy) is 2. The first-order valence-electron chi connectivity index (χ1n) is 9.98. The fourth-order valence-corrected chi connectivity index (χ4v) is 3.90. The fraction of sp³-hybridized carbons (Fsp3) is 0.619. The summed E-state index contributed by atoms with van der Waals surface area (Å²) in [5, 5.41) is 6.34. The summed E-state index contributed by atoms with van der Waals surface area (Å²) in [6.45, 7) is 2.89. The van der Waals surface area contributed by atoms with Gasteiger partial charge in [0.15, 0.2) is 0 Å². The third kappa shape index (κ3) is 5.70. The average molecular weight is 374 g/mol. The molecule has 0 atom stereocenters. The average Bonchev–Trinajstić information content (AvgIpc) is 2.73. The molecule has 2 fully saturated rings. The highest BCUT2D eigenvalue weighted by Crippen LogP contribution is 2.30. The Morgan fingerprint density at radius 2 is 1.63 bits per heavy atom. The molecule has 0 unspecified atom stereocenters. The highest BCUT2D eigenvalue weighted by molar-refractivity contribution is 5.92. The lowest BCUT2D eigenvalue weighted by Gasteiger charge is -2.26. The third-order valence-electron chi connectivity index (χ3n) is 5.70. The smallest absolute Gasteiger partial charge is 0.308 e. The van der Waals surface area contributed by atoms with Crippen LogP contribution >= 0.6 is 0 Å². The normalized spacial score (nSPS) is 23.4. The monoisotopic (exact) mass is 374 g/mol. The van der Waals surface area contributed by atoms with Crippen molar-refractivity contribution in [2.75, 3.05) is 32.1 Å². The van der Waals surface area contributed by atoms with Crippen LogP contribution in [-0.4, -0.2) is 38.7 Å². The van der Waals surface area contributed by atoms with E-state index in [-0.39, 0.29) is 23.7 Å². The van der Waals surface area contributed by atoms with Gasteiger partial charge in [-0.2, -0.15) is 0 Å². The molecule has 1 saturated heterocycles. The van der Waals surface area contributed by atoms with Crippen molar-refractivity contribution in [1.82, 2.24) is 5.32 Å². The van der Waals surface area contributed by atoms with Gasteiger partial charge in [-0.25, -0.2) is 0 Å². The zero-order valence-electron chi connectivity index (χ0n) is 16.0. The Morgan fingerprint density at radius 3 is 2.26 bits per heavy atom. The Labute approximate surface area is 161 Å². The number of carbonyl (C=O) groups is 2. The first-order chi connectivity index (χ1) is 13.2. The number of carbonyl (C=O) groups excluding carboxylic acids is 2. The predicted molar refractivity (Wildman–Crippen MR) is 104 cm³/mol. The minimum absolute atomic E-state index is 0.0293. The number of anilines is 1. The van der Waals surface area contributed by atoms with E-state index >= 15 is 0 Å². The van der Waals surface area contributed by atoms with Crippen LogP contribution in [0.5, 0.6) is 5.75 Å². The standard InChI is InChI=1S/C21H30N2O4/c1-26-21(25)17-4-2-16(3-5-17)20(24)23-18-6-8-19(9-7-18)27-14-15-10-12-22-13-11-15/h6-9,15-17,22H,2-5,10-14H2,1H3,(H,23,24). The summed E-state index contributed by atoms with van der Waals surface area (Å²) < 4.78 is 10.7.